The molecule has 1 N–H and O–H groups in total. The lowest BCUT2D eigenvalue weighted by Gasteiger charge is -2.05. The van der Waals surface area contributed by atoms with Gasteiger partial charge in [-0.15, -0.1) is 11.8 Å². The van der Waals surface area contributed by atoms with E-state index in [-0.39, 0.29) is 0 Å². The van der Waals surface area contributed by atoms with Crippen molar-refractivity contribution in [1.82, 2.24) is 0 Å². The zero-order chi connectivity index (χ0) is 17.9. The summed E-state index contributed by atoms with van der Waals surface area (Å²) in [4.78, 5) is 12.0. The van der Waals surface area contributed by atoms with Crippen LogP contribution in [0.1, 0.15) is 51.4 Å². The van der Waals surface area contributed by atoms with Gasteiger partial charge in [0.1, 0.15) is 0 Å². The van der Waals surface area contributed by atoms with E-state index in [1.165, 1.54) is 53.5 Å². The van der Waals surface area contributed by atoms with Gasteiger partial charge in [-0.1, -0.05) is 69.0 Å². The van der Waals surface area contributed by atoms with Crippen LogP contribution in [0.3, 0.4) is 0 Å². The molecule has 0 spiro atoms. The lowest BCUT2D eigenvalue weighted by Crippen LogP contribution is -1.98. The molecule has 3 heteroatoms. The second kappa shape index (κ2) is 11.0. The highest BCUT2D eigenvalue weighted by molar-refractivity contribution is 7.99. The molecule has 0 aliphatic carbocycles. The van der Waals surface area contributed by atoms with Gasteiger partial charge in [-0.2, -0.15) is 0 Å². The topological polar surface area (TPSA) is 37.3 Å². The van der Waals surface area contributed by atoms with Crippen LogP contribution in [0.5, 0.6) is 0 Å². The molecule has 0 unspecified atom stereocenters. The zero-order valence-corrected chi connectivity index (χ0v) is 15.7. The molecule has 2 aromatic carbocycles. The lowest BCUT2D eigenvalue weighted by atomic mass is 10.1. The van der Waals surface area contributed by atoms with Gasteiger partial charge in [0, 0.05) is 10.5 Å². The Bertz CT molecular complexity index is 693. The summed E-state index contributed by atoms with van der Waals surface area (Å²) in [5.41, 5.74) is 0.339. The van der Waals surface area contributed by atoms with Gasteiger partial charge in [-0.05, 0) is 47.9 Å². The van der Waals surface area contributed by atoms with Crippen LogP contribution in [0.4, 0.5) is 0 Å². The number of fused-ring (bicyclic) bond motifs is 1. The molecule has 0 radical (unpaired) electrons. The third-order valence-corrected chi connectivity index (χ3v) is 5.50. The van der Waals surface area contributed by atoms with E-state index in [0.717, 1.165) is 12.8 Å². The lowest BCUT2D eigenvalue weighted by molar-refractivity contribution is -0.132. The molecule has 0 atom stereocenters. The molecular formula is C22H28O2S. The Kier molecular flexibility index (Phi) is 8.61. The first-order chi connectivity index (χ1) is 12.2. The quantitative estimate of drug-likeness (QED) is 0.261. The first kappa shape index (κ1) is 19.6. The molecule has 0 bridgehead atoms. The minimum absolute atomic E-state index is 0.339. The van der Waals surface area contributed by atoms with Crippen molar-refractivity contribution in [2.45, 2.75) is 56.3 Å². The Morgan fingerprint density at radius 2 is 1.52 bits per heavy atom. The number of hydrogen-bond donors (Lipinski definition) is 1. The summed E-state index contributed by atoms with van der Waals surface area (Å²) in [7, 11) is 0. The van der Waals surface area contributed by atoms with Crippen molar-refractivity contribution in [1.29, 1.82) is 0 Å². The van der Waals surface area contributed by atoms with E-state index >= 15 is 0 Å². The molecule has 2 nitrogen and oxygen atoms in total. The van der Waals surface area contributed by atoms with Crippen LogP contribution in [0, 0.1) is 0 Å². The Hall–Kier alpha value is -1.74. The van der Waals surface area contributed by atoms with E-state index in [0.29, 0.717) is 12.0 Å². The molecule has 134 valence electrons. The molecular weight excluding hydrogens is 328 g/mol. The third-order valence-electron chi connectivity index (χ3n) is 4.42. The molecule has 2 aromatic rings. The summed E-state index contributed by atoms with van der Waals surface area (Å²) in [5.74, 6) is 0.320. The summed E-state index contributed by atoms with van der Waals surface area (Å²) in [6.45, 7) is 3.56. The number of thioether (sulfide) groups is 1. The molecule has 0 amide bonds. The molecule has 0 saturated carbocycles. The minimum atomic E-state index is -0.857. The molecule has 2 rings (SSSR count). The highest BCUT2D eigenvalue weighted by atomic mass is 32.2. The fourth-order valence-electron chi connectivity index (χ4n) is 2.88. The van der Waals surface area contributed by atoms with Crippen molar-refractivity contribution in [2.24, 2.45) is 0 Å². The maximum atomic E-state index is 10.6. The predicted molar refractivity (Wildman–Crippen MR) is 108 cm³/mol. The number of rotatable bonds is 12. The van der Waals surface area contributed by atoms with Crippen molar-refractivity contribution in [3.63, 3.8) is 0 Å². The average Bonchev–Trinajstić information content (AvgIpc) is 2.62. The van der Waals surface area contributed by atoms with E-state index in [9.17, 15) is 4.79 Å². The second-order valence-corrected chi connectivity index (χ2v) is 7.66. The normalized spacial score (nSPS) is 10.9. The van der Waals surface area contributed by atoms with E-state index in [2.05, 4.69) is 49.0 Å². The van der Waals surface area contributed by atoms with Crippen molar-refractivity contribution >= 4 is 28.5 Å². The van der Waals surface area contributed by atoms with E-state index in [1.807, 2.05) is 11.8 Å². The SMILES string of the molecule is C=C(CCCCCCCCCSc1ccc2ccccc2c1)C(=O)O. The summed E-state index contributed by atoms with van der Waals surface area (Å²) in [5, 5.41) is 11.4. The first-order valence-electron chi connectivity index (χ1n) is 9.19. The monoisotopic (exact) mass is 356 g/mol. The smallest absolute Gasteiger partial charge is 0.330 e. The fourth-order valence-corrected chi connectivity index (χ4v) is 3.84. The van der Waals surface area contributed by atoms with Gasteiger partial charge < -0.3 is 5.11 Å². The molecule has 0 heterocycles. The Morgan fingerprint density at radius 3 is 2.24 bits per heavy atom. The molecule has 0 aliphatic rings. The van der Waals surface area contributed by atoms with Gasteiger partial charge in [0.05, 0.1) is 0 Å². The van der Waals surface area contributed by atoms with Crippen molar-refractivity contribution < 1.29 is 9.90 Å². The highest BCUT2D eigenvalue weighted by Crippen LogP contribution is 2.24. The highest BCUT2D eigenvalue weighted by Gasteiger charge is 2.02. The Labute approximate surface area is 155 Å². The predicted octanol–water partition coefficient (Wildman–Crippen LogP) is 6.69. The van der Waals surface area contributed by atoms with Crippen LogP contribution in [0.2, 0.25) is 0 Å². The van der Waals surface area contributed by atoms with Crippen LogP contribution in [0.25, 0.3) is 10.8 Å². The van der Waals surface area contributed by atoms with E-state index in [1.54, 1.807) is 0 Å². The Morgan fingerprint density at radius 1 is 0.880 bits per heavy atom. The number of unbranched alkanes of at least 4 members (excludes halogenated alkanes) is 6. The number of carbonyl (C=O) groups is 1. The van der Waals surface area contributed by atoms with Gasteiger partial charge in [0.15, 0.2) is 0 Å². The number of aliphatic carboxylic acids is 1. The summed E-state index contributed by atoms with van der Waals surface area (Å²) in [6, 6.07) is 15.2. The maximum Gasteiger partial charge on any atom is 0.330 e. The number of benzene rings is 2. The molecule has 0 saturated heterocycles. The van der Waals surface area contributed by atoms with Gasteiger partial charge in [0.25, 0.3) is 0 Å². The molecule has 25 heavy (non-hydrogen) atoms. The van der Waals surface area contributed by atoms with E-state index < -0.39 is 5.97 Å². The fraction of sp³-hybridized carbons (Fsp3) is 0.409. The second-order valence-electron chi connectivity index (χ2n) is 6.49. The van der Waals surface area contributed by atoms with Gasteiger partial charge in [-0.3, -0.25) is 0 Å². The largest absolute Gasteiger partial charge is 0.478 e. The van der Waals surface area contributed by atoms with Crippen molar-refractivity contribution in [2.75, 3.05) is 5.75 Å². The third kappa shape index (κ3) is 7.35. The minimum Gasteiger partial charge on any atom is -0.478 e. The van der Waals surface area contributed by atoms with Crippen LogP contribution in [-0.4, -0.2) is 16.8 Å². The molecule has 0 aromatic heterocycles. The summed E-state index contributed by atoms with van der Waals surface area (Å²) < 4.78 is 0. The summed E-state index contributed by atoms with van der Waals surface area (Å²) >= 11 is 1.95. The van der Waals surface area contributed by atoms with Gasteiger partial charge in [0.2, 0.25) is 0 Å². The maximum absolute atomic E-state index is 10.6. The van der Waals surface area contributed by atoms with Crippen LogP contribution >= 0.6 is 11.8 Å². The van der Waals surface area contributed by atoms with Crippen molar-refractivity contribution in [3.8, 4) is 0 Å². The Balaban J connectivity index is 1.49. The zero-order valence-electron chi connectivity index (χ0n) is 14.9. The first-order valence-corrected chi connectivity index (χ1v) is 10.2. The van der Waals surface area contributed by atoms with Gasteiger partial charge >= 0.3 is 5.97 Å². The molecule has 0 fully saturated rings. The van der Waals surface area contributed by atoms with Crippen molar-refractivity contribution in [3.05, 3.63) is 54.6 Å². The van der Waals surface area contributed by atoms with Crippen LogP contribution in [0.15, 0.2) is 59.5 Å². The molecule has 0 aliphatic heterocycles. The standard InChI is InChI=1S/C22H28O2S/c1-18(22(23)24)11-7-5-3-2-4-6-10-16-25-21-15-14-19-12-8-9-13-20(19)17-21/h8-9,12-15,17H,1-7,10-11,16H2,(H,23,24). The number of carboxylic acid groups (broad SMARTS) is 1. The van der Waals surface area contributed by atoms with Gasteiger partial charge in [-0.25, -0.2) is 4.79 Å². The number of hydrogen-bond acceptors (Lipinski definition) is 2. The number of carboxylic acids is 1. The summed E-state index contributed by atoms with van der Waals surface area (Å²) in [6.07, 6.45) is 8.94. The van der Waals surface area contributed by atoms with Crippen LogP contribution in [-0.2, 0) is 4.79 Å². The average molecular weight is 357 g/mol. The van der Waals surface area contributed by atoms with E-state index in [4.69, 9.17) is 5.11 Å². The van der Waals surface area contributed by atoms with Crippen LogP contribution < -0.4 is 0 Å².